The van der Waals surface area contributed by atoms with Gasteiger partial charge in [-0.25, -0.2) is 0 Å². The first kappa shape index (κ1) is 33.2. The van der Waals surface area contributed by atoms with E-state index in [1.807, 2.05) is 11.3 Å². The van der Waals surface area contributed by atoms with Crippen LogP contribution >= 0.6 is 11.3 Å². The van der Waals surface area contributed by atoms with E-state index in [0.29, 0.717) is 0 Å². The molecule has 0 aliphatic heterocycles. The first-order valence-electron chi connectivity index (χ1n) is 19.4. The molecule has 0 radical (unpaired) electrons. The van der Waals surface area contributed by atoms with Crippen LogP contribution in [0.15, 0.2) is 218 Å². The standard InChI is InChI=1S/C54H36N2S/c1-3-13-37(14-4-1)38-29-32-44(33-30-38)55(43-16-5-2-6-17-43)45-18-11-15-41(35-45)39-25-27-40(28-26-39)42-31-34-50-48(36-42)46-19-7-9-21-49(46)56(50)51-22-12-24-53-54(51)47-20-8-10-23-52(47)57-53/h1-36H. The van der Waals surface area contributed by atoms with Gasteiger partial charge < -0.3 is 9.47 Å². The predicted octanol–water partition coefficient (Wildman–Crippen LogP) is 15.6. The average molecular weight is 745 g/mol. The van der Waals surface area contributed by atoms with E-state index in [9.17, 15) is 0 Å². The minimum atomic E-state index is 1.11. The third-order valence-electron chi connectivity index (χ3n) is 11.2. The summed E-state index contributed by atoms with van der Waals surface area (Å²) in [6, 6.07) is 79.2. The molecular formula is C54H36N2S. The number of benzene rings is 9. The summed E-state index contributed by atoms with van der Waals surface area (Å²) in [5, 5.41) is 5.15. The molecule has 0 saturated heterocycles. The Balaban J connectivity index is 0.951. The number of nitrogens with zero attached hydrogens (tertiary/aromatic N) is 2. The second-order valence-corrected chi connectivity index (χ2v) is 15.6. The number of thiophene rings is 1. The fraction of sp³-hybridized carbons (Fsp3) is 0. The van der Waals surface area contributed by atoms with Gasteiger partial charge in [-0.3, -0.25) is 0 Å². The van der Waals surface area contributed by atoms with Crippen molar-refractivity contribution in [1.29, 1.82) is 0 Å². The van der Waals surface area contributed by atoms with Gasteiger partial charge in [-0.05, 0) is 106 Å². The summed E-state index contributed by atoms with van der Waals surface area (Å²) in [6.45, 7) is 0. The maximum Gasteiger partial charge on any atom is 0.0555 e. The van der Waals surface area contributed by atoms with E-state index in [-0.39, 0.29) is 0 Å². The molecule has 0 unspecified atom stereocenters. The molecule has 2 aromatic heterocycles. The Morgan fingerprint density at radius 2 is 0.825 bits per heavy atom. The highest BCUT2D eigenvalue weighted by Crippen LogP contribution is 2.42. The monoisotopic (exact) mass is 744 g/mol. The zero-order valence-electron chi connectivity index (χ0n) is 31.1. The largest absolute Gasteiger partial charge is 0.310 e. The molecule has 2 heterocycles. The summed E-state index contributed by atoms with van der Waals surface area (Å²) in [4.78, 5) is 2.33. The van der Waals surface area contributed by atoms with Crippen LogP contribution < -0.4 is 4.90 Å². The van der Waals surface area contributed by atoms with Crippen LogP contribution in [0, 0.1) is 0 Å². The van der Waals surface area contributed by atoms with Crippen molar-refractivity contribution in [2.45, 2.75) is 0 Å². The van der Waals surface area contributed by atoms with Crippen LogP contribution in [0.25, 0.3) is 81.0 Å². The summed E-state index contributed by atoms with van der Waals surface area (Å²) in [7, 11) is 0. The maximum absolute atomic E-state index is 2.46. The van der Waals surface area contributed by atoms with Crippen molar-refractivity contribution < 1.29 is 0 Å². The van der Waals surface area contributed by atoms with Gasteiger partial charge in [0.1, 0.15) is 0 Å². The Kier molecular flexibility index (Phi) is 8.04. The van der Waals surface area contributed by atoms with Gasteiger partial charge in [0.2, 0.25) is 0 Å². The van der Waals surface area contributed by atoms with Crippen LogP contribution in [0.5, 0.6) is 0 Å². The van der Waals surface area contributed by atoms with Gasteiger partial charge in [0.05, 0.1) is 16.7 Å². The lowest BCUT2D eigenvalue weighted by Crippen LogP contribution is -2.09. The fourth-order valence-electron chi connectivity index (χ4n) is 8.49. The lowest BCUT2D eigenvalue weighted by molar-refractivity contribution is 1.20. The highest BCUT2D eigenvalue weighted by molar-refractivity contribution is 7.25. The van der Waals surface area contributed by atoms with Gasteiger partial charge in [-0.15, -0.1) is 11.3 Å². The number of hydrogen-bond acceptors (Lipinski definition) is 2. The summed E-state index contributed by atoms with van der Waals surface area (Å²) >= 11 is 1.87. The van der Waals surface area contributed by atoms with E-state index in [1.165, 1.54) is 81.0 Å². The molecule has 57 heavy (non-hydrogen) atoms. The molecule has 2 nitrogen and oxygen atoms in total. The van der Waals surface area contributed by atoms with Gasteiger partial charge in [-0.1, -0.05) is 146 Å². The summed E-state index contributed by atoms with van der Waals surface area (Å²) in [5.41, 5.74) is 14.2. The Bertz CT molecular complexity index is 3210. The molecule has 0 saturated carbocycles. The number of rotatable bonds is 7. The van der Waals surface area contributed by atoms with Gasteiger partial charge in [0.15, 0.2) is 0 Å². The maximum atomic E-state index is 2.46. The molecule has 0 aliphatic rings. The van der Waals surface area contributed by atoms with E-state index >= 15 is 0 Å². The quantitative estimate of drug-likeness (QED) is 0.158. The van der Waals surface area contributed by atoms with Crippen LogP contribution in [-0.2, 0) is 0 Å². The minimum absolute atomic E-state index is 1.11. The molecule has 0 atom stereocenters. The van der Waals surface area contributed by atoms with E-state index < -0.39 is 0 Å². The van der Waals surface area contributed by atoms with Crippen LogP contribution in [-0.4, -0.2) is 4.57 Å². The van der Waals surface area contributed by atoms with Gasteiger partial charge in [0, 0.05) is 48.0 Å². The number of aromatic nitrogens is 1. The van der Waals surface area contributed by atoms with E-state index in [1.54, 1.807) is 0 Å². The van der Waals surface area contributed by atoms with E-state index in [0.717, 1.165) is 17.1 Å². The third-order valence-corrected chi connectivity index (χ3v) is 12.3. The Labute approximate surface area is 335 Å². The molecule has 11 aromatic rings. The number of fused-ring (bicyclic) bond motifs is 6. The van der Waals surface area contributed by atoms with Crippen molar-refractivity contribution in [3.63, 3.8) is 0 Å². The highest BCUT2D eigenvalue weighted by atomic mass is 32.1. The summed E-state index contributed by atoms with van der Waals surface area (Å²) < 4.78 is 5.09. The normalized spacial score (nSPS) is 11.5. The molecule has 0 fully saturated rings. The van der Waals surface area contributed by atoms with Crippen LogP contribution in [0.4, 0.5) is 17.1 Å². The topological polar surface area (TPSA) is 8.17 Å². The van der Waals surface area contributed by atoms with Crippen molar-refractivity contribution in [3.8, 4) is 39.1 Å². The number of para-hydroxylation sites is 2. The smallest absolute Gasteiger partial charge is 0.0555 e. The summed E-state index contributed by atoms with van der Waals surface area (Å²) in [5.74, 6) is 0. The zero-order chi connectivity index (χ0) is 37.7. The molecule has 0 amide bonds. The van der Waals surface area contributed by atoms with Gasteiger partial charge in [0.25, 0.3) is 0 Å². The Morgan fingerprint density at radius 3 is 1.61 bits per heavy atom. The second kappa shape index (κ2) is 13.8. The third kappa shape index (κ3) is 5.80. The van der Waals surface area contributed by atoms with Crippen LogP contribution in [0.2, 0.25) is 0 Å². The van der Waals surface area contributed by atoms with Crippen molar-refractivity contribution in [1.82, 2.24) is 4.57 Å². The zero-order valence-corrected chi connectivity index (χ0v) is 31.9. The lowest BCUT2D eigenvalue weighted by Gasteiger charge is -2.26. The Hall–Kier alpha value is -7.20. The summed E-state index contributed by atoms with van der Waals surface area (Å²) in [6.07, 6.45) is 0. The minimum Gasteiger partial charge on any atom is -0.310 e. The molecule has 0 spiro atoms. The van der Waals surface area contributed by atoms with Crippen LogP contribution in [0.1, 0.15) is 0 Å². The molecular weight excluding hydrogens is 709 g/mol. The SMILES string of the molecule is c1ccc(-c2ccc(N(c3ccccc3)c3cccc(-c4ccc(-c5ccc6c(c5)c5ccccc5n6-c5cccc6sc7ccccc7c56)cc4)c3)cc2)cc1. The van der Waals surface area contributed by atoms with Gasteiger partial charge >= 0.3 is 0 Å². The first-order chi connectivity index (χ1) is 28.3. The van der Waals surface area contributed by atoms with Crippen molar-refractivity contribution in [3.05, 3.63) is 218 Å². The number of hydrogen-bond donors (Lipinski definition) is 0. The molecule has 3 heteroatoms. The molecule has 268 valence electrons. The van der Waals surface area contributed by atoms with Crippen molar-refractivity contribution >= 4 is 70.4 Å². The van der Waals surface area contributed by atoms with Crippen molar-refractivity contribution in [2.24, 2.45) is 0 Å². The van der Waals surface area contributed by atoms with Crippen LogP contribution in [0.3, 0.4) is 0 Å². The van der Waals surface area contributed by atoms with Crippen molar-refractivity contribution in [2.75, 3.05) is 4.90 Å². The molecule has 0 bridgehead atoms. The second-order valence-electron chi connectivity index (χ2n) is 14.5. The van der Waals surface area contributed by atoms with Gasteiger partial charge in [-0.2, -0.15) is 0 Å². The highest BCUT2D eigenvalue weighted by Gasteiger charge is 2.18. The number of anilines is 3. The average Bonchev–Trinajstić information content (AvgIpc) is 3.83. The Morgan fingerprint density at radius 1 is 0.316 bits per heavy atom. The van der Waals surface area contributed by atoms with E-state index in [4.69, 9.17) is 0 Å². The fourth-order valence-corrected chi connectivity index (χ4v) is 9.62. The molecule has 11 rings (SSSR count). The van der Waals surface area contributed by atoms with E-state index in [2.05, 4.69) is 228 Å². The predicted molar refractivity (Wildman–Crippen MR) is 245 cm³/mol. The molecule has 0 N–H and O–H groups in total. The molecule has 0 aliphatic carbocycles. The molecule has 9 aromatic carbocycles. The lowest BCUT2D eigenvalue weighted by atomic mass is 9.98. The first-order valence-corrected chi connectivity index (χ1v) is 20.2.